The highest BCUT2D eigenvalue weighted by molar-refractivity contribution is 8.00. The Bertz CT molecular complexity index is 1300. The number of thioether (sulfide) groups is 1. The molecule has 0 aliphatic carbocycles. The molecular formula is C26H29F2N5O3S2. The van der Waals surface area contributed by atoms with Gasteiger partial charge in [0.25, 0.3) is 11.8 Å². The smallest absolute Gasteiger partial charge is 0.267 e. The summed E-state index contributed by atoms with van der Waals surface area (Å²) in [5.41, 5.74) is 0.610. The fourth-order valence-electron chi connectivity index (χ4n) is 3.85. The number of nitrogens with one attached hydrogen (secondary N) is 2. The Morgan fingerprint density at radius 2 is 2.00 bits per heavy atom. The van der Waals surface area contributed by atoms with Crippen LogP contribution in [0.15, 0.2) is 57.9 Å². The molecule has 8 nitrogen and oxygen atoms in total. The number of carbonyl (C=O) groups excluding carboxylic acids is 2. The van der Waals surface area contributed by atoms with Crippen molar-refractivity contribution in [1.82, 2.24) is 14.9 Å². The third-order valence-corrected chi connectivity index (χ3v) is 7.83. The molecule has 4 rings (SSSR count). The van der Waals surface area contributed by atoms with Gasteiger partial charge in [0.05, 0.1) is 34.9 Å². The number of rotatable bonds is 8. The first-order valence-electron chi connectivity index (χ1n) is 11.9. The number of aromatic nitrogens is 2. The van der Waals surface area contributed by atoms with E-state index in [1.54, 1.807) is 24.5 Å². The highest BCUT2D eigenvalue weighted by Gasteiger charge is 2.42. The van der Waals surface area contributed by atoms with Gasteiger partial charge in [-0.15, -0.1) is 11.8 Å². The number of amides is 2. The summed E-state index contributed by atoms with van der Waals surface area (Å²) in [5, 5.41) is 6.17. The van der Waals surface area contributed by atoms with Gasteiger partial charge in [0.2, 0.25) is 11.8 Å². The van der Waals surface area contributed by atoms with Gasteiger partial charge >= 0.3 is 0 Å². The first-order valence-corrected chi connectivity index (χ1v) is 13.7. The number of carbonyl (C=O) groups is 2. The van der Waals surface area contributed by atoms with Crippen molar-refractivity contribution >= 4 is 45.7 Å². The van der Waals surface area contributed by atoms with Gasteiger partial charge in [-0.1, -0.05) is 38.7 Å². The van der Waals surface area contributed by atoms with Gasteiger partial charge in [-0.25, -0.2) is 18.7 Å². The maximum atomic E-state index is 14.6. The number of alkyl halides is 2. The van der Waals surface area contributed by atoms with E-state index in [-0.39, 0.29) is 23.4 Å². The van der Waals surface area contributed by atoms with Gasteiger partial charge in [-0.2, -0.15) is 0 Å². The third-order valence-electron chi connectivity index (χ3n) is 5.72. The number of benzene rings is 1. The van der Waals surface area contributed by atoms with E-state index in [2.05, 4.69) is 48.0 Å². The van der Waals surface area contributed by atoms with E-state index in [0.717, 1.165) is 20.9 Å². The molecule has 3 aromatic rings. The van der Waals surface area contributed by atoms with Crippen LogP contribution < -0.4 is 10.6 Å². The molecule has 0 radical (unpaired) electrons. The average Bonchev–Trinajstić information content (AvgIpc) is 3.51. The van der Waals surface area contributed by atoms with E-state index in [0.29, 0.717) is 22.5 Å². The van der Waals surface area contributed by atoms with Crippen molar-refractivity contribution in [3.63, 3.8) is 0 Å². The summed E-state index contributed by atoms with van der Waals surface area (Å²) in [6, 6.07) is 5.42. The monoisotopic (exact) mass is 561 g/mol. The highest BCUT2D eigenvalue weighted by Crippen LogP contribution is 2.34. The van der Waals surface area contributed by atoms with Crippen molar-refractivity contribution in [1.29, 1.82) is 0 Å². The van der Waals surface area contributed by atoms with Gasteiger partial charge in [-0.3, -0.25) is 9.59 Å². The van der Waals surface area contributed by atoms with E-state index in [1.807, 2.05) is 0 Å². The summed E-state index contributed by atoms with van der Waals surface area (Å²) in [7, 11) is 0. The van der Waals surface area contributed by atoms with Crippen LogP contribution in [0.5, 0.6) is 0 Å². The number of hydrogen-bond acceptors (Lipinski definition) is 8. The topological polar surface area (TPSA) is 100 Å². The van der Waals surface area contributed by atoms with Crippen LogP contribution in [0, 0.1) is 0 Å². The molecule has 0 bridgehead atoms. The second-order valence-electron chi connectivity index (χ2n) is 10.00. The van der Waals surface area contributed by atoms with Crippen LogP contribution in [0.25, 0.3) is 0 Å². The number of oxazole rings is 1. The Morgan fingerprint density at radius 1 is 1.26 bits per heavy atom. The maximum absolute atomic E-state index is 14.6. The molecule has 38 heavy (non-hydrogen) atoms. The predicted molar refractivity (Wildman–Crippen MR) is 145 cm³/mol. The Labute approximate surface area is 227 Å². The lowest BCUT2D eigenvalue weighted by atomic mass is 9.94. The summed E-state index contributed by atoms with van der Waals surface area (Å²) in [6.45, 7) is 8.99. The number of hydrogen-bond donors (Lipinski definition) is 2. The second kappa shape index (κ2) is 11.2. The van der Waals surface area contributed by atoms with Gasteiger partial charge in [0.15, 0.2) is 5.13 Å². The molecule has 0 saturated carbocycles. The molecule has 1 aromatic carbocycles. The van der Waals surface area contributed by atoms with Crippen LogP contribution in [0.2, 0.25) is 0 Å². The van der Waals surface area contributed by atoms with Gasteiger partial charge < -0.3 is 20.0 Å². The summed E-state index contributed by atoms with van der Waals surface area (Å²) >= 11 is 2.86. The molecule has 202 valence electrons. The summed E-state index contributed by atoms with van der Waals surface area (Å²) < 4.78 is 35.9. The van der Waals surface area contributed by atoms with Crippen molar-refractivity contribution in [2.24, 2.45) is 0 Å². The number of nitrogens with zero attached hydrogens (tertiary/aromatic N) is 3. The Morgan fingerprint density at radius 3 is 2.66 bits per heavy atom. The molecule has 2 amide bonds. The van der Waals surface area contributed by atoms with Crippen molar-refractivity contribution in [3.8, 4) is 0 Å². The van der Waals surface area contributed by atoms with E-state index in [4.69, 9.17) is 4.42 Å². The fourth-order valence-corrected chi connectivity index (χ4v) is 5.65. The molecular weight excluding hydrogens is 532 g/mol. The van der Waals surface area contributed by atoms with Gasteiger partial charge in [0.1, 0.15) is 5.76 Å². The molecule has 2 aromatic heterocycles. The van der Waals surface area contributed by atoms with Crippen LogP contribution in [0.3, 0.4) is 0 Å². The third kappa shape index (κ3) is 7.19. The van der Waals surface area contributed by atoms with Gasteiger partial charge in [0, 0.05) is 29.6 Å². The first kappa shape index (κ1) is 27.8. The standard InChI is InChI=1S/C26H29F2N5O3S2/c1-5-20(34)31-17-8-6-16(7-9-17)23(35)33-13-18(10-26(27,28)15-33)32-24-30-12-22(38-24)37-14-21-29-11-19(36-21)25(2,3)4/h5-9,11-12,18H,1,10,13-15H2,2-4H3,(H,30,32)(H,31,34). The van der Waals surface area contributed by atoms with Crippen molar-refractivity contribution < 1.29 is 22.8 Å². The molecule has 3 heterocycles. The molecule has 1 atom stereocenters. The van der Waals surface area contributed by atoms with Crippen molar-refractivity contribution in [2.45, 2.75) is 54.5 Å². The zero-order valence-corrected chi connectivity index (χ0v) is 22.9. The summed E-state index contributed by atoms with van der Waals surface area (Å²) in [5.74, 6) is -1.99. The lowest BCUT2D eigenvalue weighted by molar-refractivity contribution is -0.111. The van der Waals surface area contributed by atoms with Crippen molar-refractivity contribution in [2.75, 3.05) is 23.7 Å². The van der Waals surface area contributed by atoms with Crippen LogP contribution >= 0.6 is 23.1 Å². The van der Waals surface area contributed by atoms with E-state index >= 15 is 0 Å². The van der Waals surface area contributed by atoms with Crippen LogP contribution in [-0.4, -0.2) is 51.7 Å². The molecule has 2 N–H and O–H groups in total. The molecule has 0 spiro atoms. The Hall–Kier alpha value is -3.25. The molecule has 1 aliphatic heterocycles. The molecule has 1 saturated heterocycles. The number of likely N-dealkylation sites (tertiary alicyclic amines) is 1. The van der Waals surface area contributed by atoms with E-state index in [9.17, 15) is 18.4 Å². The quantitative estimate of drug-likeness (QED) is 0.265. The first-order chi connectivity index (χ1) is 17.9. The highest BCUT2D eigenvalue weighted by atomic mass is 32.2. The maximum Gasteiger partial charge on any atom is 0.267 e. The second-order valence-corrected chi connectivity index (χ2v) is 12.3. The van der Waals surface area contributed by atoms with Crippen LogP contribution in [0.4, 0.5) is 19.6 Å². The predicted octanol–water partition coefficient (Wildman–Crippen LogP) is 5.81. The van der Waals surface area contributed by atoms with Crippen molar-refractivity contribution in [3.05, 3.63) is 66.5 Å². The largest absolute Gasteiger partial charge is 0.444 e. The Balaban J connectivity index is 1.36. The number of thiazole rings is 1. The van der Waals surface area contributed by atoms with Crippen LogP contribution in [0.1, 0.15) is 49.2 Å². The fraction of sp³-hybridized carbons (Fsp3) is 0.385. The normalized spacial score (nSPS) is 17.2. The number of halogens is 2. The zero-order chi connectivity index (χ0) is 27.5. The molecule has 1 unspecified atom stereocenters. The zero-order valence-electron chi connectivity index (χ0n) is 21.3. The Kier molecular flexibility index (Phi) is 8.22. The SMILES string of the molecule is C=CC(=O)Nc1ccc(C(=O)N2CC(Nc3ncc(SCc4ncc(C(C)(C)C)o4)s3)CC(F)(F)C2)cc1. The number of anilines is 2. The summed E-state index contributed by atoms with van der Waals surface area (Å²) in [6.07, 6.45) is 4.14. The average molecular weight is 562 g/mol. The summed E-state index contributed by atoms with van der Waals surface area (Å²) in [4.78, 5) is 34.2. The lowest BCUT2D eigenvalue weighted by Crippen LogP contribution is -2.53. The molecule has 1 aliphatic rings. The minimum Gasteiger partial charge on any atom is -0.444 e. The van der Waals surface area contributed by atoms with E-state index < -0.39 is 30.8 Å². The minimum atomic E-state index is -3.05. The van der Waals surface area contributed by atoms with Crippen LogP contribution in [-0.2, 0) is 16.0 Å². The minimum absolute atomic E-state index is 0.108. The molecule has 1 fully saturated rings. The number of piperidine rings is 1. The van der Waals surface area contributed by atoms with Gasteiger partial charge in [-0.05, 0) is 30.3 Å². The lowest BCUT2D eigenvalue weighted by Gasteiger charge is -2.37. The van der Waals surface area contributed by atoms with E-state index in [1.165, 1.54) is 35.2 Å². The molecule has 12 heteroatoms.